The lowest BCUT2D eigenvalue weighted by atomic mass is 10.1. The Morgan fingerprint density at radius 3 is 2.58 bits per heavy atom. The Kier molecular flexibility index (Phi) is 3.51. The van der Waals surface area contributed by atoms with Crippen LogP contribution >= 0.6 is 0 Å². The highest BCUT2D eigenvalue weighted by atomic mass is 16.2. The van der Waals surface area contributed by atoms with Crippen molar-refractivity contribution < 1.29 is 4.79 Å². The number of aryl methyl sites for hydroxylation is 2. The molecule has 0 saturated carbocycles. The van der Waals surface area contributed by atoms with Gasteiger partial charge in [-0.25, -0.2) is 0 Å². The van der Waals surface area contributed by atoms with Crippen molar-refractivity contribution in [3.8, 4) is 0 Å². The van der Waals surface area contributed by atoms with Crippen molar-refractivity contribution >= 4 is 11.6 Å². The lowest BCUT2D eigenvalue weighted by molar-refractivity contribution is 0.0991. The molecule has 0 spiro atoms. The lowest BCUT2D eigenvalue weighted by Crippen LogP contribution is -2.31. The Morgan fingerprint density at radius 1 is 1.21 bits per heavy atom. The number of rotatable bonds is 2. The molecule has 2 aromatic rings. The van der Waals surface area contributed by atoms with Gasteiger partial charge in [0.2, 0.25) is 0 Å². The third kappa shape index (κ3) is 2.57. The van der Waals surface area contributed by atoms with Crippen LogP contribution < -0.4 is 10.3 Å². The van der Waals surface area contributed by atoms with Gasteiger partial charge < -0.3 is 9.88 Å². The van der Waals surface area contributed by atoms with E-state index in [1.807, 2.05) is 32.0 Å². The van der Waals surface area contributed by atoms with E-state index in [2.05, 4.69) is 4.98 Å². The fraction of sp³-hybridized carbons (Fsp3) is 0.200. The number of nitrogens with zero attached hydrogens (tertiary/aromatic N) is 1. The van der Waals surface area contributed by atoms with Gasteiger partial charge in [0.15, 0.2) is 5.43 Å². The number of aromatic amines is 1. The Balaban J connectivity index is 2.39. The third-order valence-electron chi connectivity index (χ3n) is 3.07. The second-order valence-corrected chi connectivity index (χ2v) is 4.58. The van der Waals surface area contributed by atoms with Crippen LogP contribution in [-0.4, -0.2) is 17.9 Å². The molecule has 2 rings (SSSR count). The van der Waals surface area contributed by atoms with Gasteiger partial charge in [0.25, 0.3) is 5.91 Å². The minimum absolute atomic E-state index is 0.143. The Bertz CT molecular complexity index is 674. The molecular weight excluding hydrogens is 240 g/mol. The minimum atomic E-state index is -0.311. The molecule has 19 heavy (non-hydrogen) atoms. The largest absolute Gasteiger partial charge is 0.367 e. The maximum absolute atomic E-state index is 12.3. The molecule has 4 heteroatoms. The molecule has 0 aliphatic rings. The smallest absolute Gasteiger partial charge is 0.263 e. The number of amides is 1. The second-order valence-electron chi connectivity index (χ2n) is 4.58. The van der Waals surface area contributed by atoms with Gasteiger partial charge in [-0.15, -0.1) is 0 Å². The van der Waals surface area contributed by atoms with Gasteiger partial charge in [-0.3, -0.25) is 9.59 Å². The predicted molar refractivity (Wildman–Crippen MR) is 75.7 cm³/mol. The van der Waals surface area contributed by atoms with Gasteiger partial charge in [0.05, 0.1) is 0 Å². The first-order valence-corrected chi connectivity index (χ1v) is 6.03. The molecule has 1 N–H and O–H groups in total. The highest BCUT2D eigenvalue weighted by Gasteiger charge is 2.17. The molecule has 0 aliphatic carbocycles. The molecule has 0 fully saturated rings. The van der Waals surface area contributed by atoms with E-state index < -0.39 is 0 Å². The van der Waals surface area contributed by atoms with Gasteiger partial charge >= 0.3 is 0 Å². The number of aromatic nitrogens is 1. The van der Waals surface area contributed by atoms with Crippen LogP contribution in [0.1, 0.15) is 21.5 Å². The quantitative estimate of drug-likeness (QED) is 0.896. The summed E-state index contributed by atoms with van der Waals surface area (Å²) in [7, 11) is 1.67. The van der Waals surface area contributed by atoms with E-state index in [1.54, 1.807) is 7.05 Å². The zero-order valence-electron chi connectivity index (χ0n) is 11.2. The summed E-state index contributed by atoms with van der Waals surface area (Å²) < 4.78 is 0. The van der Waals surface area contributed by atoms with E-state index >= 15 is 0 Å². The van der Waals surface area contributed by atoms with Crippen molar-refractivity contribution in [2.45, 2.75) is 13.8 Å². The maximum Gasteiger partial charge on any atom is 0.263 e. The van der Waals surface area contributed by atoms with Crippen molar-refractivity contribution in [1.82, 2.24) is 4.98 Å². The van der Waals surface area contributed by atoms with Gasteiger partial charge in [-0.2, -0.15) is 0 Å². The summed E-state index contributed by atoms with van der Waals surface area (Å²) in [4.78, 5) is 28.2. The zero-order valence-corrected chi connectivity index (χ0v) is 11.2. The Hall–Kier alpha value is -2.36. The van der Waals surface area contributed by atoms with E-state index in [4.69, 9.17) is 0 Å². The van der Waals surface area contributed by atoms with Gasteiger partial charge in [-0.05, 0) is 25.5 Å². The van der Waals surface area contributed by atoms with Crippen LogP contribution in [0.25, 0.3) is 0 Å². The molecule has 0 unspecified atom stereocenters. The first-order valence-electron chi connectivity index (χ1n) is 6.03. The minimum Gasteiger partial charge on any atom is -0.367 e. The molecule has 0 atom stereocenters. The summed E-state index contributed by atoms with van der Waals surface area (Å²) in [5, 5.41) is 0. The van der Waals surface area contributed by atoms with E-state index in [-0.39, 0.29) is 16.9 Å². The summed E-state index contributed by atoms with van der Waals surface area (Å²) in [5.74, 6) is -0.311. The summed E-state index contributed by atoms with van der Waals surface area (Å²) >= 11 is 0. The molecule has 1 heterocycles. The molecule has 0 saturated heterocycles. The fourth-order valence-corrected chi connectivity index (χ4v) is 2.06. The number of carbonyl (C=O) groups is 1. The Labute approximate surface area is 111 Å². The first-order chi connectivity index (χ1) is 9.00. The molecule has 1 amide bonds. The van der Waals surface area contributed by atoms with Crippen molar-refractivity contribution in [3.63, 3.8) is 0 Å². The number of pyridine rings is 1. The number of hydrogen-bond acceptors (Lipinski definition) is 2. The standard InChI is InChI=1S/C15H16N2O2/c1-10-4-5-13(11(2)8-10)17(3)15(19)12-9-16-7-6-14(12)18/h4-9H,1-3H3,(H,16,18). The number of H-pyrrole nitrogens is 1. The summed E-state index contributed by atoms with van der Waals surface area (Å²) in [5.41, 5.74) is 2.81. The van der Waals surface area contributed by atoms with Crippen LogP contribution in [0.2, 0.25) is 0 Å². The third-order valence-corrected chi connectivity index (χ3v) is 3.07. The molecule has 0 aliphatic heterocycles. The molecular formula is C15H16N2O2. The molecule has 4 nitrogen and oxygen atoms in total. The number of hydrogen-bond donors (Lipinski definition) is 1. The highest BCUT2D eigenvalue weighted by molar-refractivity contribution is 6.05. The van der Waals surface area contributed by atoms with Crippen LogP contribution in [0, 0.1) is 13.8 Å². The van der Waals surface area contributed by atoms with E-state index in [0.29, 0.717) is 0 Å². The van der Waals surface area contributed by atoms with Crippen LogP contribution in [-0.2, 0) is 0 Å². The molecule has 0 bridgehead atoms. The van der Waals surface area contributed by atoms with Gasteiger partial charge in [0.1, 0.15) is 5.56 Å². The van der Waals surface area contributed by atoms with Crippen molar-refractivity contribution in [2.75, 3.05) is 11.9 Å². The van der Waals surface area contributed by atoms with Crippen molar-refractivity contribution in [1.29, 1.82) is 0 Å². The second kappa shape index (κ2) is 5.10. The molecule has 1 aromatic carbocycles. The van der Waals surface area contributed by atoms with Crippen LogP contribution in [0.4, 0.5) is 5.69 Å². The van der Waals surface area contributed by atoms with Crippen LogP contribution in [0.5, 0.6) is 0 Å². The monoisotopic (exact) mass is 256 g/mol. The van der Waals surface area contributed by atoms with Crippen LogP contribution in [0.15, 0.2) is 41.5 Å². The van der Waals surface area contributed by atoms with Gasteiger partial charge in [0, 0.05) is 31.2 Å². The average molecular weight is 256 g/mol. The van der Waals surface area contributed by atoms with Crippen LogP contribution in [0.3, 0.4) is 0 Å². The number of benzene rings is 1. The lowest BCUT2D eigenvalue weighted by Gasteiger charge is -2.19. The van der Waals surface area contributed by atoms with Crippen molar-refractivity contribution in [3.05, 3.63) is 63.6 Å². The molecule has 98 valence electrons. The van der Waals surface area contributed by atoms with E-state index in [9.17, 15) is 9.59 Å². The topological polar surface area (TPSA) is 53.2 Å². The number of anilines is 1. The zero-order chi connectivity index (χ0) is 14.0. The van der Waals surface area contributed by atoms with Crippen molar-refractivity contribution in [2.24, 2.45) is 0 Å². The SMILES string of the molecule is Cc1ccc(N(C)C(=O)c2c[nH]ccc2=O)c(C)c1. The highest BCUT2D eigenvalue weighted by Crippen LogP contribution is 2.20. The molecule has 0 radical (unpaired) electrons. The summed E-state index contributed by atoms with van der Waals surface area (Å²) in [6.45, 7) is 3.95. The Morgan fingerprint density at radius 2 is 1.95 bits per heavy atom. The maximum atomic E-state index is 12.3. The normalized spacial score (nSPS) is 10.3. The fourth-order valence-electron chi connectivity index (χ4n) is 2.06. The number of carbonyl (C=O) groups excluding carboxylic acids is 1. The van der Waals surface area contributed by atoms with E-state index in [0.717, 1.165) is 16.8 Å². The predicted octanol–water partition coefficient (Wildman–Crippen LogP) is 2.27. The van der Waals surface area contributed by atoms with E-state index in [1.165, 1.54) is 23.4 Å². The number of nitrogens with one attached hydrogen (secondary N) is 1. The average Bonchev–Trinajstić information content (AvgIpc) is 2.38. The summed E-state index contributed by atoms with van der Waals surface area (Å²) in [6, 6.07) is 7.19. The van der Waals surface area contributed by atoms with Gasteiger partial charge in [-0.1, -0.05) is 17.7 Å². The first kappa shape index (κ1) is 13.1. The molecule has 1 aromatic heterocycles. The summed E-state index contributed by atoms with van der Waals surface area (Å²) in [6.07, 6.45) is 2.95.